The standard InChI is InChI=1S/C28H29N3O4/c1-3-15-33-26-14-11-24(27(17-26)34-16-4-2)19-30-31-28(32)20-35-25-12-9-23(10-13-25)22-7-5-21(18-29)6-8-22/h5-14,17,19H,3-4,15-16,20H2,1-2H3,(H,31,32)/b30-19-. The molecule has 0 aliphatic carbocycles. The molecule has 0 spiro atoms. The lowest BCUT2D eigenvalue weighted by atomic mass is 10.0. The van der Waals surface area contributed by atoms with Gasteiger partial charge in [0.1, 0.15) is 17.2 Å². The van der Waals surface area contributed by atoms with Crippen LogP contribution in [-0.2, 0) is 4.79 Å². The van der Waals surface area contributed by atoms with Gasteiger partial charge in [-0.15, -0.1) is 0 Å². The van der Waals surface area contributed by atoms with Crippen molar-refractivity contribution in [2.45, 2.75) is 26.7 Å². The van der Waals surface area contributed by atoms with Gasteiger partial charge in [0.05, 0.1) is 31.1 Å². The van der Waals surface area contributed by atoms with Crippen LogP contribution in [0.1, 0.15) is 37.8 Å². The van der Waals surface area contributed by atoms with Gasteiger partial charge in [0, 0.05) is 11.6 Å². The van der Waals surface area contributed by atoms with Crippen molar-refractivity contribution >= 4 is 12.1 Å². The van der Waals surface area contributed by atoms with Gasteiger partial charge < -0.3 is 14.2 Å². The van der Waals surface area contributed by atoms with Crippen molar-refractivity contribution in [2.75, 3.05) is 19.8 Å². The van der Waals surface area contributed by atoms with Crippen LogP contribution in [0, 0.1) is 11.3 Å². The van der Waals surface area contributed by atoms with E-state index < -0.39 is 0 Å². The Bertz CT molecular complexity index is 1170. The molecule has 0 heterocycles. The number of rotatable bonds is 12. The van der Waals surface area contributed by atoms with Gasteiger partial charge in [-0.1, -0.05) is 38.1 Å². The van der Waals surface area contributed by atoms with Crippen molar-refractivity contribution in [3.8, 4) is 34.4 Å². The first-order valence-electron chi connectivity index (χ1n) is 11.6. The number of ether oxygens (including phenoxy) is 3. The number of hydrogen-bond acceptors (Lipinski definition) is 6. The molecule has 0 radical (unpaired) electrons. The summed E-state index contributed by atoms with van der Waals surface area (Å²) >= 11 is 0. The van der Waals surface area contributed by atoms with Gasteiger partial charge in [-0.05, 0) is 60.4 Å². The van der Waals surface area contributed by atoms with Crippen LogP contribution in [0.3, 0.4) is 0 Å². The minimum Gasteiger partial charge on any atom is -0.493 e. The second-order valence-corrected chi connectivity index (χ2v) is 7.69. The molecule has 180 valence electrons. The summed E-state index contributed by atoms with van der Waals surface area (Å²) in [5, 5.41) is 12.9. The molecule has 35 heavy (non-hydrogen) atoms. The Morgan fingerprint density at radius 2 is 1.51 bits per heavy atom. The topological polar surface area (TPSA) is 92.9 Å². The highest BCUT2D eigenvalue weighted by atomic mass is 16.5. The van der Waals surface area contributed by atoms with Gasteiger partial charge in [0.15, 0.2) is 6.61 Å². The Balaban J connectivity index is 1.52. The monoisotopic (exact) mass is 471 g/mol. The number of nitriles is 1. The van der Waals surface area contributed by atoms with Crippen LogP contribution in [0.2, 0.25) is 0 Å². The maximum absolute atomic E-state index is 12.2. The van der Waals surface area contributed by atoms with E-state index in [4.69, 9.17) is 19.5 Å². The van der Waals surface area contributed by atoms with E-state index in [1.54, 1.807) is 30.5 Å². The summed E-state index contributed by atoms with van der Waals surface area (Å²) in [6.07, 6.45) is 3.34. The number of carbonyl (C=O) groups is 1. The Hall–Kier alpha value is -4.31. The molecule has 0 saturated heterocycles. The zero-order chi connectivity index (χ0) is 24.9. The fourth-order valence-electron chi connectivity index (χ4n) is 3.10. The molecule has 0 bridgehead atoms. The third kappa shape index (κ3) is 7.90. The third-order valence-corrected chi connectivity index (χ3v) is 4.88. The molecule has 1 N–H and O–H groups in total. The largest absolute Gasteiger partial charge is 0.493 e. The van der Waals surface area contributed by atoms with Crippen LogP contribution in [0.25, 0.3) is 11.1 Å². The quantitative estimate of drug-likeness (QED) is 0.285. The number of hydrogen-bond donors (Lipinski definition) is 1. The molecule has 3 aromatic carbocycles. The van der Waals surface area contributed by atoms with Crippen molar-refractivity contribution in [3.63, 3.8) is 0 Å². The smallest absolute Gasteiger partial charge is 0.277 e. The molecule has 3 rings (SSSR count). The molecular formula is C28H29N3O4. The van der Waals surface area contributed by atoms with Gasteiger partial charge in [-0.3, -0.25) is 4.79 Å². The van der Waals surface area contributed by atoms with Gasteiger partial charge in [0.2, 0.25) is 0 Å². The predicted molar refractivity (Wildman–Crippen MR) is 136 cm³/mol. The van der Waals surface area contributed by atoms with Gasteiger partial charge >= 0.3 is 0 Å². The highest BCUT2D eigenvalue weighted by Crippen LogP contribution is 2.25. The summed E-state index contributed by atoms with van der Waals surface area (Å²) in [4.78, 5) is 12.2. The van der Waals surface area contributed by atoms with E-state index in [0.29, 0.717) is 30.3 Å². The number of hydrazone groups is 1. The third-order valence-electron chi connectivity index (χ3n) is 4.88. The van der Waals surface area contributed by atoms with Crippen molar-refractivity contribution in [1.29, 1.82) is 5.26 Å². The van der Waals surface area contributed by atoms with Crippen LogP contribution in [0.4, 0.5) is 0 Å². The van der Waals surface area contributed by atoms with Crippen LogP contribution in [0.15, 0.2) is 71.8 Å². The molecule has 0 unspecified atom stereocenters. The van der Waals surface area contributed by atoms with Crippen molar-refractivity contribution in [1.82, 2.24) is 5.43 Å². The lowest BCUT2D eigenvalue weighted by Gasteiger charge is -2.11. The SMILES string of the molecule is CCCOc1ccc(/C=N\NC(=O)COc2ccc(-c3ccc(C#N)cc3)cc2)c(OCCC)c1. The summed E-state index contributed by atoms with van der Waals surface area (Å²) in [5.41, 5.74) is 5.81. The maximum Gasteiger partial charge on any atom is 0.277 e. The van der Waals surface area contributed by atoms with E-state index in [1.165, 1.54) is 0 Å². The van der Waals surface area contributed by atoms with E-state index in [0.717, 1.165) is 35.3 Å². The number of nitrogens with one attached hydrogen (secondary N) is 1. The van der Waals surface area contributed by atoms with Crippen LogP contribution in [-0.4, -0.2) is 31.9 Å². The van der Waals surface area contributed by atoms with Crippen LogP contribution in [0.5, 0.6) is 17.2 Å². The van der Waals surface area contributed by atoms with Crippen molar-refractivity contribution in [3.05, 3.63) is 77.9 Å². The maximum atomic E-state index is 12.2. The number of amides is 1. The molecule has 1 amide bonds. The Morgan fingerprint density at radius 3 is 2.17 bits per heavy atom. The normalized spacial score (nSPS) is 10.5. The molecule has 0 atom stereocenters. The van der Waals surface area contributed by atoms with E-state index in [1.807, 2.05) is 49.4 Å². The summed E-state index contributed by atoms with van der Waals surface area (Å²) < 4.78 is 17.0. The van der Waals surface area contributed by atoms with Gasteiger partial charge in [0.25, 0.3) is 5.91 Å². The Labute approximate surface area is 206 Å². The average Bonchev–Trinajstić information content (AvgIpc) is 2.90. The number of nitrogens with zero attached hydrogens (tertiary/aromatic N) is 2. The predicted octanol–water partition coefficient (Wildman–Crippen LogP) is 5.33. The summed E-state index contributed by atoms with van der Waals surface area (Å²) in [7, 11) is 0. The fourth-order valence-corrected chi connectivity index (χ4v) is 3.10. The first-order valence-corrected chi connectivity index (χ1v) is 11.6. The van der Waals surface area contributed by atoms with Crippen molar-refractivity contribution in [2.24, 2.45) is 5.10 Å². The number of benzene rings is 3. The fraction of sp³-hybridized carbons (Fsp3) is 0.250. The summed E-state index contributed by atoms with van der Waals surface area (Å²) in [5.74, 6) is 1.57. The van der Waals surface area contributed by atoms with E-state index in [9.17, 15) is 4.79 Å². The minimum atomic E-state index is -0.378. The van der Waals surface area contributed by atoms with Crippen LogP contribution < -0.4 is 19.6 Å². The Kier molecular flexibility index (Phi) is 9.70. The lowest BCUT2D eigenvalue weighted by molar-refractivity contribution is -0.123. The average molecular weight is 472 g/mol. The Morgan fingerprint density at radius 1 is 0.886 bits per heavy atom. The second-order valence-electron chi connectivity index (χ2n) is 7.69. The highest BCUT2D eigenvalue weighted by Gasteiger charge is 2.06. The van der Waals surface area contributed by atoms with Crippen molar-refractivity contribution < 1.29 is 19.0 Å². The second kappa shape index (κ2) is 13.4. The number of carbonyl (C=O) groups excluding carboxylic acids is 1. The van der Waals surface area contributed by atoms with E-state index in [-0.39, 0.29) is 12.5 Å². The summed E-state index contributed by atoms with van der Waals surface area (Å²) in [6.45, 7) is 5.12. The summed E-state index contributed by atoms with van der Waals surface area (Å²) in [6, 6.07) is 22.4. The highest BCUT2D eigenvalue weighted by molar-refractivity contribution is 5.85. The zero-order valence-electron chi connectivity index (χ0n) is 20.0. The first kappa shape index (κ1) is 25.3. The molecule has 7 nitrogen and oxygen atoms in total. The molecule has 0 aliphatic rings. The van der Waals surface area contributed by atoms with E-state index >= 15 is 0 Å². The lowest BCUT2D eigenvalue weighted by Crippen LogP contribution is -2.24. The van der Waals surface area contributed by atoms with Crippen LogP contribution >= 0.6 is 0 Å². The van der Waals surface area contributed by atoms with Gasteiger partial charge in [-0.2, -0.15) is 10.4 Å². The molecule has 0 saturated carbocycles. The molecular weight excluding hydrogens is 442 g/mol. The molecule has 7 heteroatoms. The molecule has 0 fully saturated rings. The van der Waals surface area contributed by atoms with Gasteiger partial charge in [-0.25, -0.2) is 5.43 Å². The molecule has 0 aliphatic heterocycles. The molecule has 3 aromatic rings. The molecule has 0 aromatic heterocycles. The minimum absolute atomic E-state index is 0.170. The van der Waals surface area contributed by atoms with E-state index in [2.05, 4.69) is 23.5 Å². The zero-order valence-corrected chi connectivity index (χ0v) is 20.0. The first-order chi connectivity index (χ1) is 17.1.